The summed E-state index contributed by atoms with van der Waals surface area (Å²) in [4.78, 5) is 28.9. The minimum absolute atomic E-state index is 0.00309. The zero-order chi connectivity index (χ0) is 45.1. The number of fused-ring (bicyclic) bond motifs is 2. The fourth-order valence-electron chi connectivity index (χ4n) is 9.54. The Balaban J connectivity index is 1.29. The first-order valence-corrected chi connectivity index (χ1v) is 23.8. The predicted molar refractivity (Wildman–Crippen MR) is 233 cm³/mol. The van der Waals surface area contributed by atoms with E-state index in [2.05, 4.69) is 68.9 Å². The van der Waals surface area contributed by atoms with Gasteiger partial charge < -0.3 is 47.4 Å². The molecule has 4 heterocycles. The predicted octanol–water partition coefficient (Wildman–Crippen LogP) is 5.91. The summed E-state index contributed by atoms with van der Waals surface area (Å²) >= 11 is 0. The second-order valence-electron chi connectivity index (χ2n) is 18.3. The van der Waals surface area contributed by atoms with Crippen LogP contribution in [0.1, 0.15) is 65.7 Å². The van der Waals surface area contributed by atoms with Crippen molar-refractivity contribution in [3.63, 3.8) is 0 Å². The number of hydrogen-bond donors (Lipinski definition) is 1. The van der Waals surface area contributed by atoms with Crippen LogP contribution < -0.4 is 10.4 Å². The number of aliphatic hydroxyl groups excluding tert-OH is 1. The number of carbonyl (C=O) groups excluding carboxylic acids is 2. The van der Waals surface area contributed by atoms with E-state index in [-0.39, 0.29) is 37.4 Å². The summed E-state index contributed by atoms with van der Waals surface area (Å²) in [6, 6.07) is 28.0. The van der Waals surface area contributed by atoms with Gasteiger partial charge in [-0.25, -0.2) is 4.79 Å². The van der Waals surface area contributed by atoms with Crippen LogP contribution in [0.3, 0.4) is 0 Å². The first kappa shape index (κ1) is 46.8. The van der Waals surface area contributed by atoms with Crippen molar-refractivity contribution in [3.05, 3.63) is 107 Å². The highest BCUT2D eigenvalue weighted by Gasteiger charge is 2.56. The highest BCUT2D eigenvalue weighted by Crippen LogP contribution is 2.43. The van der Waals surface area contributed by atoms with E-state index >= 15 is 0 Å². The van der Waals surface area contributed by atoms with E-state index in [0.29, 0.717) is 12.2 Å². The Morgan fingerprint density at radius 1 is 0.762 bits per heavy atom. The fourth-order valence-corrected chi connectivity index (χ4v) is 14.1. The average molecular weight is 888 g/mol. The molecule has 16 heteroatoms. The van der Waals surface area contributed by atoms with Crippen LogP contribution in [-0.4, -0.2) is 113 Å². The van der Waals surface area contributed by atoms with Crippen molar-refractivity contribution in [2.24, 2.45) is 28.8 Å². The average Bonchev–Trinajstić information content (AvgIpc) is 3.73. The van der Waals surface area contributed by atoms with Crippen molar-refractivity contribution in [2.75, 3.05) is 19.8 Å². The molecule has 2 bridgehead atoms. The summed E-state index contributed by atoms with van der Waals surface area (Å²) in [6.45, 7) is 15.6. The summed E-state index contributed by atoms with van der Waals surface area (Å²) in [6.07, 6.45) is -8.71. The van der Waals surface area contributed by atoms with Crippen molar-refractivity contribution in [1.29, 1.82) is 0 Å². The third kappa shape index (κ3) is 9.76. The lowest BCUT2D eigenvalue weighted by atomic mass is 9.85. The molecule has 340 valence electrons. The maximum absolute atomic E-state index is 13.7. The van der Waals surface area contributed by atoms with E-state index in [1.54, 1.807) is 37.3 Å². The maximum atomic E-state index is 13.7. The van der Waals surface area contributed by atoms with Crippen LogP contribution in [0.25, 0.3) is 10.4 Å². The van der Waals surface area contributed by atoms with Gasteiger partial charge in [-0.3, -0.25) is 4.79 Å². The number of benzene rings is 3. The molecule has 0 saturated carbocycles. The molecule has 15 nitrogen and oxygen atoms in total. The zero-order valence-electron chi connectivity index (χ0n) is 37.2. The smallest absolute Gasteiger partial charge is 0.338 e. The molecule has 0 aliphatic carbocycles. The molecule has 4 fully saturated rings. The molecule has 1 N–H and O–H groups in total. The van der Waals surface area contributed by atoms with Crippen LogP contribution in [0.15, 0.2) is 96.1 Å². The second kappa shape index (κ2) is 19.9. The molecule has 4 aliphatic heterocycles. The number of aliphatic hydroxyl groups is 1. The normalized spacial score (nSPS) is 34.4. The molecule has 0 aromatic heterocycles. The van der Waals surface area contributed by atoms with Crippen LogP contribution in [0, 0.1) is 23.7 Å². The Hall–Kier alpha value is -4.19. The maximum Gasteiger partial charge on any atom is 0.338 e. The molecule has 15 atom stereocenters. The van der Waals surface area contributed by atoms with Crippen LogP contribution in [0.2, 0.25) is 5.04 Å². The van der Waals surface area contributed by atoms with E-state index in [0.717, 1.165) is 10.4 Å². The van der Waals surface area contributed by atoms with Gasteiger partial charge >= 0.3 is 11.9 Å². The lowest BCUT2D eigenvalue weighted by molar-refractivity contribution is -0.342. The van der Waals surface area contributed by atoms with Gasteiger partial charge in [-0.1, -0.05) is 132 Å². The van der Waals surface area contributed by atoms with Gasteiger partial charge in [-0.15, -0.1) is 0 Å². The first-order chi connectivity index (χ1) is 30.1. The van der Waals surface area contributed by atoms with Gasteiger partial charge in [-0.05, 0) is 44.9 Å². The summed E-state index contributed by atoms with van der Waals surface area (Å²) in [5.41, 5.74) is 10.3. The van der Waals surface area contributed by atoms with Gasteiger partial charge in [0.1, 0.15) is 24.9 Å². The summed E-state index contributed by atoms with van der Waals surface area (Å²) in [5.74, 6) is -2.53. The number of azide groups is 1. The molecular formula is C47H61N3O12Si. The van der Waals surface area contributed by atoms with Gasteiger partial charge in [-0.2, -0.15) is 0 Å². The number of esters is 2. The van der Waals surface area contributed by atoms with Crippen LogP contribution in [0.5, 0.6) is 0 Å². The Morgan fingerprint density at radius 2 is 1.35 bits per heavy atom. The van der Waals surface area contributed by atoms with Gasteiger partial charge in [0.25, 0.3) is 8.32 Å². The topological polar surface area (TPSA) is 186 Å². The first-order valence-electron chi connectivity index (χ1n) is 21.9. The molecule has 0 radical (unpaired) electrons. The number of ether oxygens (including phenoxy) is 8. The van der Waals surface area contributed by atoms with Crippen molar-refractivity contribution >= 4 is 30.6 Å². The summed E-state index contributed by atoms with van der Waals surface area (Å²) in [7, 11) is -3.17. The van der Waals surface area contributed by atoms with Crippen LogP contribution >= 0.6 is 0 Å². The SMILES string of the molecule is CC(=O)OCC1O[C@@H](O[C@@H]2C(CO[Si](c3ccccc3)(c3ccccc3)C(C)(C)C)O[C@@H](OC3C4COC(O4)[C@@H](C)[C@H]3C)C(N=[N+]=[N-])[C@H]2C)C(OC(=O)c2ccccc2)[C@@H](C)[C@@H]1O. The van der Waals surface area contributed by atoms with Gasteiger partial charge in [0, 0.05) is 23.7 Å². The summed E-state index contributed by atoms with van der Waals surface area (Å²) < 4.78 is 58.4. The van der Waals surface area contributed by atoms with E-state index in [4.69, 9.17) is 42.3 Å². The third-order valence-electron chi connectivity index (χ3n) is 13.3. The second-order valence-corrected chi connectivity index (χ2v) is 22.6. The molecule has 0 spiro atoms. The standard InChI is InChI=1S/C47H61N3O12Si/c1-27-28(2)44-55-25-36(58-44)40(27)61-45-38(49-50-48)29(3)41(37(59-45)26-56-63(47(6,7)8,33-20-14-10-15-21-33)34-22-16-11-17-23-34)62-46-42(60-43(53)32-18-12-9-13-19-32)30(4)39(52)35(57-46)24-54-31(5)51/h9-23,27-30,35-42,44-46,52H,24-26H2,1-8H3/t27-,28+,29-,30+,35?,36?,37?,38?,39+,40?,41+,42?,44?,45+,46+/m1/s1. The molecule has 63 heavy (non-hydrogen) atoms. The molecule has 7 rings (SSSR count). The van der Waals surface area contributed by atoms with Crippen LogP contribution in [-0.2, 0) is 47.1 Å². The van der Waals surface area contributed by atoms with Crippen molar-refractivity contribution in [3.8, 4) is 0 Å². The zero-order valence-corrected chi connectivity index (χ0v) is 38.2. The fraction of sp³-hybridized carbons (Fsp3) is 0.574. The van der Waals surface area contributed by atoms with Crippen molar-refractivity contribution in [1.82, 2.24) is 0 Å². The van der Waals surface area contributed by atoms with E-state index in [1.165, 1.54) is 6.92 Å². The number of hydrogen-bond acceptors (Lipinski definition) is 13. The molecule has 3 aromatic rings. The molecular weight excluding hydrogens is 827 g/mol. The van der Waals surface area contributed by atoms with Crippen LogP contribution in [0.4, 0.5) is 0 Å². The molecule has 4 saturated heterocycles. The van der Waals surface area contributed by atoms with E-state index < -0.39 is 92.4 Å². The number of carbonyl (C=O) groups is 2. The lowest BCUT2D eigenvalue weighted by Crippen LogP contribution is -2.68. The van der Waals surface area contributed by atoms with Gasteiger partial charge in [0.2, 0.25) is 0 Å². The lowest BCUT2D eigenvalue weighted by Gasteiger charge is -2.50. The Labute approximate surface area is 370 Å². The molecule has 3 aromatic carbocycles. The molecule has 0 amide bonds. The van der Waals surface area contributed by atoms with E-state index in [1.807, 2.05) is 43.3 Å². The van der Waals surface area contributed by atoms with Gasteiger partial charge in [0.05, 0.1) is 43.1 Å². The highest BCUT2D eigenvalue weighted by atomic mass is 28.4. The molecule has 4 aliphatic rings. The minimum Gasteiger partial charge on any atom is -0.463 e. The minimum atomic E-state index is -3.17. The van der Waals surface area contributed by atoms with E-state index in [9.17, 15) is 20.2 Å². The monoisotopic (exact) mass is 887 g/mol. The van der Waals surface area contributed by atoms with Crippen molar-refractivity contribution in [2.45, 2.75) is 128 Å². The Morgan fingerprint density at radius 3 is 1.94 bits per heavy atom. The quantitative estimate of drug-likeness (QED) is 0.0665. The molecule has 7 unspecified atom stereocenters. The third-order valence-corrected chi connectivity index (χ3v) is 18.3. The van der Waals surface area contributed by atoms with Gasteiger partial charge in [0.15, 0.2) is 25.0 Å². The van der Waals surface area contributed by atoms with Crippen molar-refractivity contribution < 1.29 is 57.0 Å². The number of rotatable bonds is 14. The highest BCUT2D eigenvalue weighted by molar-refractivity contribution is 6.99. The Kier molecular flexibility index (Phi) is 14.8. The largest absolute Gasteiger partial charge is 0.463 e. The Bertz CT molecular complexity index is 2000. The summed E-state index contributed by atoms with van der Waals surface area (Å²) in [5, 5.41) is 17.5. The number of nitrogens with zero attached hydrogens (tertiary/aromatic N) is 3.